The van der Waals surface area contributed by atoms with Crippen molar-refractivity contribution in [3.8, 4) is 0 Å². The van der Waals surface area contributed by atoms with E-state index in [2.05, 4.69) is 39.1 Å². The maximum atomic E-state index is 6.13. The molecule has 2 unspecified atom stereocenters. The molecule has 0 radical (unpaired) electrons. The molecular weight excluding hydrogens is 262 g/mol. The lowest BCUT2D eigenvalue weighted by Crippen LogP contribution is -2.32. The van der Waals surface area contributed by atoms with E-state index in [0.29, 0.717) is 18.1 Å². The van der Waals surface area contributed by atoms with Crippen LogP contribution in [0.1, 0.15) is 64.0 Å². The highest BCUT2D eigenvalue weighted by molar-refractivity contribution is 5.20. The van der Waals surface area contributed by atoms with E-state index in [-0.39, 0.29) is 0 Å². The van der Waals surface area contributed by atoms with Gasteiger partial charge in [-0.2, -0.15) is 0 Å². The molecule has 3 nitrogen and oxygen atoms in total. The summed E-state index contributed by atoms with van der Waals surface area (Å²) in [4.78, 5) is 0. The second kappa shape index (κ2) is 6.97. The fourth-order valence-electron chi connectivity index (χ4n) is 3.68. The first kappa shape index (κ1) is 16.6. The molecule has 3 heteroatoms. The van der Waals surface area contributed by atoms with Gasteiger partial charge in [-0.3, -0.25) is 0 Å². The minimum absolute atomic E-state index is 0.367. The first-order valence-electron chi connectivity index (χ1n) is 8.30. The normalized spacial score (nSPS) is 25.2. The van der Waals surface area contributed by atoms with Gasteiger partial charge in [0.1, 0.15) is 18.1 Å². The molecule has 1 N–H and O–H groups in total. The number of hydrogen-bond donors (Lipinski definition) is 1. The molecule has 0 aliphatic heterocycles. The summed E-state index contributed by atoms with van der Waals surface area (Å²) in [6.07, 6.45) is 4.00. The average Bonchev–Trinajstić information content (AvgIpc) is 2.72. The zero-order chi connectivity index (χ0) is 15.5. The fourth-order valence-corrected chi connectivity index (χ4v) is 3.68. The van der Waals surface area contributed by atoms with Crippen molar-refractivity contribution in [1.82, 2.24) is 5.32 Å². The van der Waals surface area contributed by atoms with Crippen molar-refractivity contribution in [3.05, 3.63) is 23.2 Å². The molecule has 1 saturated carbocycles. The van der Waals surface area contributed by atoms with E-state index in [0.717, 1.165) is 36.9 Å². The van der Waals surface area contributed by atoms with Crippen molar-refractivity contribution in [3.63, 3.8) is 0 Å². The molecule has 1 aromatic heterocycles. The topological polar surface area (TPSA) is 34.4 Å². The van der Waals surface area contributed by atoms with Crippen LogP contribution in [-0.2, 0) is 17.9 Å². The maximum absolute atomic E-state index is 6.13. The summed E-state index contributed by atoms with van der Waals surface area (Å²) in [5.74, 6) is 2.71. The minimum Gasteiger partial charge on any atom is -0.464 e. The van der Waals surface area contributed by atoms with Crippen LogP contribution in [0.3, 0.4) is 0 Å². The van der Waals surface area contributed by atoms with Crippen molar-refractivity contribution in [2.45, 2.75) is 73.1 Å². The van der Waals surface area contributed by atoms with E-state index in [9.17, 15) is 0 Å². The van der Waals surface area contributed by atoms with Gasteiger partial charge in [-0.05, 0) is 50.1 Å². The predicted octanol–water partition coefficient (Wildman–Crippen LogP) is 4.43. The molecule has 120 valence electrons. The Morgan fingerprint density at radius 2 is 2.14 bits per heavy atom. The molecule has 1 aliphatic rings. The third-order valence-electron chi connectivity index (χ3n) is 4.44. The predicted molar refractivity (Wildman–Crippen MR) is 86.2 cm³/mol. The van der Waals surface area contributed by atoms with Crippen molar-refractivity contribution >= 4 is 0 Å². The third-order valence-corrected chi connectivity index (χ3v) is 4.44. The van der Waals surface area contributed by atoms with Crippen molar-refractivity contribution < 1.29 is 9.15 Å². The minimum atomic E-state index is 0.367. The Balaban J connectivity index is 1.88. The molecule has 21 heavy (non-hydrogen) atoms. The average molecular weight is 293 g/mol. The van der Waals surface area contributed by atoms with Gasteiger partial charge in [-0.15, -0.1) is 0 Å². The van der Waals surface area contributed by atoms with Crippen LogP contribution in [0.25, 0.3) is 0 Å². The van der Waals surface area contributed by atoms with E-state index in [1.54, 1.807) is 0 Å². The van der Waals surface area contributed by atoms with Crippen molar-refractivity contribution in [1.29, 1.82) is 0 Å². The van der Waals surface area contributed by atoms with Crippen LogP contribution in [0, 0.1) is 18.3 Å². The Morgan fingerprint density at radius 1 is 1.38 bits per heavy atom. The maximum Gasteiger partial charge on any atom is 0.130 e. The lowest BCUT2D eigenvalue weighted by molar-refractivity contribution is -0.0370. The van der Waals surface area contributed by atoms with Gasteiger partial charge in [0.05, 0.1) is 6.10 Å². The third kappa shape index (κ3) is 4.86. The van der Waals surface area contributed by atoms with Gasteiger partial charge in [-0.1, -0.05) is 27.7 Å². The zero-order valence-corrected chi connectivity index (χ0v) is 14.3. The SMILES string of the molecule is CCNCc1cc(COC2CC(C)CC(C)(C)C2)oc1C. The van der Waals surface area contributed by atoms with Gasteiger partial charge in [0.25, 0.3) is 0 Å². The van der Waals surface area contributed by atoms with E-state index < -0.39 is 0 Å². The first-order valence-corrected chi connectivity index (χ1v) is 8.30. The molecule has 1 aromatic rings. The number of ether oxygens (including phenoxy) is 1. The lowest BCUT2D eigenvalue weighted by Gasteiger charge is -2.38. The summed E-state index contributed by atoms with van der Waals surface area (Å²) in [7, 11) is 0. The Morgan fingerprint density at radius 3 is 2.81 bits per heavy atom. The summed E-state index contributed by atoms with van der Waals surface area (Å²) >= 11 is 0. The summed E-state index contributed by atoms with van der Waals surface area (Å²) in [6, 6.07) is 2.13. The van der Waals surface area contributed by atoms with Gasteiger partial charge in [0.2, 0.25) is 0 Å². The standard InChI is InChI=1S/C18H31NO2/c1-6-19-11-15-8-17(21-14(15)3)12-20-16-7-13(2)9-18(4,5)10-16/h8,13,16,19H,6-7,9-12H2,1-5H3. The molecule has 0 spiro atoms. The Labute approximate surface area is 129 Å². The van der Waals surface area contributed by atoms with Crippen LogP contribution in [0.15, 0.2) is 10.5 Å². The molecular formula is C18H31NO2. The quantitative estimate of drug-likeness (QED) is 0.842. The van der Waals surface area contributed by atoms with E-state index in [1.165, 1.54) is 18.4 Å². The van der Waals surface area contributed by atoms with Gasteiger partial charge in [0.15, 0.2) is 0 Å². The van der Waals surface area contributed by atoms with Crippen LogP contribution in [0.2, 0.25) is 0 Å². The number of furan rings is 1. The lowest BCUT2D eigenvalue weighted by atomic mass is 9.71. The van der Waals surface area contributed by atoms with Crippen LogP contribution in [0.5, 0.6) is 0 Å². The summed E-state index contributed by atoms with van der Waals surface area (Å²) in [5.41, 5.74) is 1.64. The highest BCUT2D eigenvalue weighted by Gasteiger charge is 2.32. The Bertz CT molecular complexity index is 450. The van der Waals surface area contributed by atoms with Gasteiger partial charge in [-0.25, -0.2) is 0 Å². The Hall–Kier alpha value is -0.800. The summed E-state index contributed by atoms with van der Waals surface area (Å²) in [5, 5.41) is 3.34. The molecule has 1 fully saturated rings. The fraction of sp³-hybridized carbons (Fsp3) is 0.778. The number of aryl methyl sites for hydroxylation is 1. The molecule has 1 aliphatic carbocycles. The Kier molecular flexibility index (Phi) is 5.50. The summed E-state index contributed by atoms with van der Waals surface area (Å²) < 4.78 is 12.0. The molecule has 0 aromatic carbocycles. The molecule has 0 saturated heterocycles. The first-order chi connectivity index (χ1) is 9.89. The second-order valence-electron chi connectivity index (χ2n) is 7.42. The van der Waals surface area contributed by atoms with Crippen LogP contribution in [0.4, 0.5) is 0 Å². The van der Waals surface area contributed by atoms with Crippen molar-refractivity contribution in [2.24, 2.45) is 11.3 Å². The highest BCUT2D eigenvalue weighted by Crippen LogP contribution is 2.39. The highest BCUT2D eigenvalue weighted by atomic mass is 16.5. The monoisotopic (exact) mass is 293 g/mol. The molecule has 0 bridgehead atoms. The molecule has 2 rings (SSSR count). The van der Waals surface area contributed by atoms with Gasteiger partial charge >= 0.3 is 0 Å². The van der Waals surface area contributed by atoms with E-state index in [4.69, 9.17) is 9.15 Å². The number of nitrogens with one attached hydrogen (secondary N) is 1. The second-order valence-corrected chi connectivity index (χ2v) is 7.42. The van der Waals surface area contributed by atoms with Gasteiger partial charge in [0, 0.05) is 12.1 Å². The smallest absolute Gasteiger partial charge is 0.130 e. The van der Waals surface area contributed by atoms with Crippen LogP contribution in [-0.4, -0.2) is 12.6 Å². The van der Waals surface area contributed by atoms with E-state index in [1.807, 2.05) is 6.92 Å². The largest absolute Gasteiger partial charge is 0.464 e. The number of hydrogen-bond acceptors (Lipinski definition) is 3. The molecule has 0 amide bonds. The molecule has 2 atom stereocenters. The van der Waals surface area contributed by atoms with Gasteiger partial charge < -0.3 is 14.5 Å². The molecule has 1 heterocycles. The number of rotatable bonds is 6. The summed E-state index contributed by atoms with van der Waals surface area (Å²) in [6.45, 7) is 13.6. The van der Waals surface area contributed by atoms with E-state index >= 15 is 0 Å². The van der Waals surface area contributed by atoms with Crippen LogP contribution < -0.4 is 5.32 Å². The van der Waals surface area contributed by atoms with Crippen molar-refractivity contribution in [2.75, 3.05) is 6.54 Å². The zero-order valence-electron chi connectivity index (χ0n) is 14.3. The van der Waals surface area contributed by atoms with Crippen LogP contribution >= 0.6 is 0 Å².